The van der Waals surface area contributed by atoms with Crippen LogP contribution >= 0.6 is 11.8 Å². The Kier molecular flexibility index (Phi) is 6.34. The third-order valence-electron chi connectivity index (χ3n) is 10.9. The number of hydrogen-bond donors (Lipinski definition) is 0. The van der Waals surface area contributed by atoms with Gasteiger partial charge < -0.3 is 4.42 Å². The van der Waals surface area contributed by atoms with Crippen LogP contribution in [0.2, 0.25) is 0 Å². The Balaban J connectivity index is 1.11. The molecule has 0 radical (unpaired) electrons. The predicted octanol–water partition coefficient (Wildman–Crippen LogP) is 13.3. The molecule has 0 bridgehead atoms. The van der Waals surface area contributed by atoms with Crippen molar-refractivity contribution in [3.63, 3.8) is 0 Å². The molecule has 0 N–H and O–H groups in total. The zero-order chi connectivity index (χ0) is 30.9. The van der Waals surface area contributed by atoms with Gasteiger partial charge in [0.1, 0.15) is 11.2 Å². The van der Waals surface area contributed by atoms with Gasteiger partial charge in [0.05, 0.1) is 0 Å². The van der Waals surface area contributed by atoms with E-state index in [1.54, 1.807) is 5.56 Å². The van der Waals surface area contributed by atoms with E-state index in [1.807, 2.05) is 6.07 Å². The average molecular weight is 623 g/mol. The Morgan fingerprint density at radius 2 is 1.02 bits per heavy atom. The molecule has 1 aliphatic heterocycles. The molecule has 1 aromatic heterocycles. The number of para-hydroxylation sites is 1. The van der Waals surface area contributed by atoms with Gasteiger partial charge in [-0.2, -0.15) is 0 Å². The van der Waals surface area contributed by atoms with Crippen LogP contribution < -0.4 is 0 Å². The molecule has 2 aliphatic rings. The molecule has 1 unspecified atom stereocenters. The molecule has 10 rings (SSSR count). The number of rotatable bonds is 4. The Morgan fingerprint density at radius 3 is 1.72 bits per heavy atom. The highest BCUT2D eigenvalue weighted by molar-refractivity contribution is 7.99. The zero-order valence-electron chi connectivity index (χ0n) is 26.2. The van der Waals surface area contributed by atoms with Gasteiger partial charge in [0.25, 0.3) is 0 Å². The molecular formula is C45H34OS. The van der Waals surface area contributed by atoms with Gasteiger partial charge in [0.15, 0.2) is 0 Å². The van der Waals surface area contributed by atoms with Gasteiger partial charge in [-0.25, -0.2) is 0 Å². The lowest BCUT2D eigenvalue weighted by Crippen LogP contribution is -2.08. The Morgan fingerprint density at radius 1 is 0.468 bits per heavy atom. The van der Waals surface area contributed by atoms with Crippen molar-refractivity contribution < 1.29 is 4.42 Å². The van der Waals surface area contributed by atoms with Crippen molar-refractivity contribution in [3.8, 4) is 33.4 Å². The number of hydrogen-bond acceptors (Lipinski definition) is 2. The fourth-order valence-electron chi connectivity index (χ4n) is 8.63. The molecule has 226 valence electrons. The van der Waals surface area contributed by atoms with Gasteiger partial charge in [0.2, 0.25) is 0 Å². The van der Waals surface area contributed by atoms with Gasteiger partial charge in [-0.15, -0.1) is 11.8 Å². The molecule has 1 nitrogen and oxygen atoms in total. The SMILES string of the molecule is c1ccc2c(c1)oc1ccc(-c3c4ccccc4c(-c4ccc(-c5ccc6c(c5)C(C5CCCC5)CS6)cc4)c4ccccc34)cc12. The third kappa shape index (κ3) is 4.38. The first-order valence-corrected chi connectivity index (χ1v) is 18.0. The van der Waals surface area contributed by atoms with Crippen LogP contribution in [0.3, 0.4) is 0 Å². The minimum atomic E-state index is 0.723. The molecule has 0 amide bonds. The second-order valence-corrected chi connectivity index (χ2v) is 14.5. The quantitative estimate of drug-likeness (QED) is 0.181. The highest BCUT2D eigenvalue weighted by Crippen LogP contribution is 2.49. The predicted molar refractivity (Wildman–Crippen MR) is 200 cm³/mol. The van der Waals surface area contributed by atoms with Crippen molar-refractivity contribution in [2.24, 2.45) is 5.92 Å². The highest BCUT2D eigenvalue weighted by atomic mass is 32.2. The monoisotopic (exact) mass is 622 g/mol. The molecule has 1 atom stereocenters. The summed E-state index contributed by atoms with van der Waals surface area (Å²) in [4.78, 5) is 1.50. The van der Waals surface area contributed by atoms with Gasteiger partial charge in [-0.3, -0.25) is 0 Å². The minimum absolute atomic E-state index is 0.723. The fraction of sp³-hybridized carbons (Fsp3) is 0.156. The second kappa shape index (κ2) is 10.9. The highest BCUT2D eigenvalue weighted by Gasteiger charge is 2.32. The molecule has 7 aromatic carbocycles. The Bertz CT molecular complexity index is 2420. The number of thioether (sulfide) groups is 1. The van der Waals surface area contributed by atoms with Gasteiger partial charge in [-0.1, -0.05) is 116 Å². The van der Waals surface area contributed by atoms with Crippen LogP contribution in [0.4, 0.5) is 0 Å². The Hall–Kier alpha value is -4.79. The van der Waals surface area contributed by atoms with E-state index in [4.69, 9.17) is 4.42 Å². The van der Waals surface area contributed by atoms with Crippen LogP contribution in [0.25, 0.3) is 76.9 Å². The Labute approximate surface area is 279 Å². The van der Waals surface area contributed by atoms with Crippen molar-refractivity contribution in [1.29, 1.82) is 0 Å². The number of fused-ring (bicyclic) bond motifs is 6. The summed E-state index contributed by atoms with van der Waals surface area (Å²) in [6.07, 6.45) is 5.62. The van der Waals surface area contributed by atoms with Crippen LogP contribution in [-0.2, 0) is 0 Å². The first kappa shape index (κ1) is 27.3. The third-order valence-corrected chi connectivity index (χ3v) is 12.1. The van der Waals surface area contributed by atoms with Crippen molar-refractivity contribution in [3.05, 3.63) is 139 Å². The molecule has 8 aromatic rings. The molecule has 1 aliphatic carbocycles. The summed E-state index contributed by atoms with van der Waals surface area (Å²) >= 11 is 2.06. The van der Waals surface area contributed by atoms with Crippen molar-refractivity contribution in [2.75, 3.05) is 5.75 Å². The van der Waals surface area contributed by atoms with Crippen molar-refractivity contribution in [2.45, 2.75) is 36.5 Å². The normalized spacial score (nSPS) is 16.6. The van der Waals surface area contributed by atoms with Crippen LogP contribution in [0.1, 0.15) is 37.2 Å². The molecule has 0 saturated heterocycles. The van der Waals surface area contributed by atoms with E-state index in [0.717, 1.165) is 33.8 Å². The lowest BCUT2D eigenvalue weighted by atomic mass is 9.84. The van der Waals surface area contributed by atoms with Crippen molar-refractivity contribution in [1.82, 2.24) is 0 Å². The van der Waals surface area contributed by atoms with E-state index in [0.29, 0.717) is 0 Å². The van der Waals surface area contributed by atoms with Crippen molar-refractivity contribution >= 4 is 55.2 Å². The topological polar surface area (TPSA) is 13.1 Å². The lowest BCUT2D eigenvalue weighted by Gasteiger charge is -2.19. The summed E-state index contributed by atoms with van der Waals surface area (Å²) in [7, 11) is 0. The van der Waals surface area contributed by atoms with E-state index >= 15 is 0 Å². The number of furan rings is 1. The molecule has 0 spiro atoms. The molecule has 47 heavy (non-hydrogen) atoms. The van der Waals surface area contributed by atoms with E-state index in [2.05, 4.69) is 139 Å². The molecule has 2 heterocycles. The standard InChI is InChI=1S/C45H34OS/c1-2-10-29(9-1)40-27-47-43-24-22-31(25-39(40)43)28-17-19-30(20-18-28)44-34-12-3-5-14-36(34)45(37-15-6-4-13-35(37)44)32-21-23-42-38(26-32)33-11-7-8-16-41(33)46-42/h3-8,11-26,29,40H,1-2,9-10,27H2. The van der Waals surface area contributed by atoms with Crippen LogP contribution in [0.15, 0.2) is 143 Å². The maximum absolute atomic E-state index is 6.19. The first-order chi connectivity index (χ1) is 23.3. The van der Waals surface area contributed by atoms with E-state index < -0.39 is 0 Å². The molecule has 2 heteroatoms. The largest absolute Gasteiger partial charge is 0.456 e. The summed E-state index contributed by atoms with van der Waals surface area (Å²) in [5.41, 5.74) is 11.1. The zero-order valence-corrected chi connectivity index (χ0v) is 27.0. The van der Waals surface area contributed by atoms with Gasteiger partial charge in [-0.05, 0) is 115 Å². The molecule has 1 saturated carbocycles. The van der Waals surface area contributed by atoms with Gasteiger partial charge >= 0.3 is 0 Å². The van der Waals surface area contributed by atoms with Crippen LogP contribution in [-0.4, -0.2) is 5.75 Å². The minimum Gasteiger partial charge on any atom is -0.456 e. The summed E-state index contributed by atoms with van der Waals surface area (Å²) in [5.74, 6) is 2.85. The van der Waals surface area contributed by atoms with E-state index in [-0.39, 0.29) is 0 Å². The number of benzene rings is 7. The molecular weight excluding hydrogens is 589 g/mol. The maximum atomic E-state index is 6.19. The summed E-state index contributed by atoms with van der Waals surface area (Å²) in [6.45, 7) is 0. The lowest BCUT2D eigenvalue weighted by molar-refractivity contribution is 0.468. The molecule has 1 fully saturated rings. The van der Waals surface area contributed by atoms with Crippen LogP contribution in [0.5, 0.6) is 0 Å². The summed E-state index contributed by atoms with van der Waals surface area (Å²) < 4.78 is 6.19. The summed E-state index contributed by atoms with van der Waals surface area (Å²) in [5, 5.41) is 7.41. The van der Waals surface area contributed by atoms with E-state index in [9.17, 15) is 0 Å². The van der Waals surface area contributed by atoms with Gasteiger partial charge in [0, 0.05) is 21.4 Å². The second-order valence-electron chi connectivity index (χ2n) is 13.4. The maximum Gasteiger partial charge on any atom is 0.135 e. The van der Waals surface area contributed by atoms with Crippen LogP contribution in [0, 0.1) is 5.92 Å². The fourth-order valence-corrected chi connectivity index (χ4v) is 9.98. The average Bonchev–Trinajstić information content (AvgIpc) is 3.89. The van der Waals surface area contributed by atoms with E-state index in [1.165, 1.54) is 91.3 Å². The summed E-state index contributed by atoms with van der Waals surface area (Å²) in [6, 6.07) is 49.4. The smallest absolute Gasteiger partial charge is 0.135 e. The first-order valence-electron chi connectivity index (χ1n) is 17.0.